The smallest absolute Gasteiger partial charge is 0.0905 e. The Morgan fingerprint density at radius 2 is 1.83 bits per heavy atom. The van der Waals surface area contributed by atoms with Gasteiger partial charge in [0, 0.05) is 16.8 Å². The van der Waals surface area contributed by atoms with Crippen molar-refractivity contribution in [1.82, 2.24) is 0 Å². The molecule has 3 N–H and O–H groups in total. The van der Waals surface area contributed by atoms with Crippen LogP contribution in [0, 0.1) is 5.41 Å². The van der Waals surface area contributed by atoms with E-state index in [9.17, 15) is 0 Å². The lowest BCUT2D eigenvalue weighted by Gasteiger charge is -2.06. The van der Waals surface area contributed by atoms with E-state index in [1.165, 1.54) is 0 Å². The van der Waals surface area contributed by atoms with E-state index in [0.29, 0.717) is 5.84 Å². The van der Waals surface area contributed by atoms with Gasteiger partial charge in [0.25, 0.3) is 0 Å². The first kappa shape index (κ1) is 13.9. The SMILES string of the molecule is CCCCC(=N)N.O=S(=O)([O-])[O-]. The van der Waals surface area contributed by atoms with E-state index in [-0.39, 0.29) is 0 Å². The van der Waals surface area contributed by atoms with Crippen LogP contribution in [0.25, 0.3) is 0 Å². The fraction of sp³-hybridized carbons (Fsp3) is 0.800. The Balaban J connectivity index is 0. The van der Waals surface area contributed by atoms with Crippen LogP contribution in [0.2, 0.25) is 0 Å². The van der Waals surface area contributed by atoms with Gasteiger partial charge in [0.1, 0.15) is 0 Å². The molecule has 74 valence electrons. The minimum absolute atomic E-state index is 0.307. The predicted molar refractivity (Wildman–Crippen MR) is 41.9 cm³/mol. The molecule has 0 heterocycles. The molecule has 0 aliphatic carbocycles. The molecule has 12 heavy (non-hydrogen) atoms. The maximum Gasteiger partial charge on any atom is 0.0905 e. The first-order valence-corrected chi connectivity index (χ1v) is 4.60. The molecule has 0 radical (unpaired) electrons. The lowest BCUT2D eigenvalue weighted by molar-refractivity contribution is 0.352. The molecule has 0 aromatic heterocycles. The number of unbranched alkanes of at least 4 members (excludes halogenated alkanes) is 1. The average Bonchev–Trinajstić information content (AvgIpc) is 1.79. The molecule has 7 heteroatoms. The van der Waals surface area contributed by atoms with Crippen molar-refractivity contribution in [2.75, 3.05) is 0 Å². The van der Waals surface area contributed by atoms with Gasteiger partial charge in [0.2, 0.25) is 0 Å². The minimum atomic E-state index is -5.17. The molecule has 0 saturated carbocycles. The number of hydrogen-bond donors (Lipinski definition) is 2. The molecule has 0 aromatic rings. The van der Waals surface area contributed by atoms with Gasteiger partial charge in [0.05, 0.1) is 5.84 Å². The Kier molecular flexibility index (Phi) is 8.12. The molecule has 0 amide bonds. The molecule has 0 saturated heterocycles. The van der Waals surface area contributed by atoms with E-state index in [0.717, 1.165) is 19.3 Å². The molecule has 0 bridgehead atoms. The van der Waals surface area contributed by atoms with Gasteiger partial charge < -0.3 is 14.8 Å². The summed E-state index contributed by atoms with van der Waals surface area (Å²) in [6.07, 6.45) is 2.94. The summed E-state index contributed by atoms with van der Waals surface area (Å²) in [6.45, 7) is 2.09. The van der Waals surface area contributed by atoms with Crippen LogP contribution in [-0.4, -0.2) is 23.4 Å². The van der Waals surface area contributed by atoms with Crippen LogP contribution < -0.4 is 5.73 Å². The van der Waals surface area contributed by atoms with Crippen LogP contribution in [0.4, 0.5) is 0 Å². The lowest BCUT2D eigenvalue weighted by atomic mass is 10.2. The summed E-state index contributed by atoms with van der Waals surface area (Å²) < 4.78 is 34.1. The zero-order valence-electron chi connectivity index (χ0n) is 6.74. The molecular weight excluding hydrogens is 184 g/mol. The van der Waals surface area contributed by atoms with Gasteiger partial charge in [-0.3, -0.25) is 13.8 Å². The van der Waals surface area contributed by atoms with Crippen molar-refractivity contribution >= 4 is 16.2 Å². The van der Waals surface area contributed by atoms with Crippen molar-refractivity contribution in [3.8, 4) is 0 Å². The zero-order valence-corrected chi connectivity index (χ0v) is 7.56. The second-order valence-electron chi connectivity index (χ2n) is 2.04. The fourth-order valence-electron chi connectivity index (χ4n) is 0.367. The molecular formula is C5H12N2O4S-2. The fourth-order valence-corrected chi connectivity index (χ4v) is 0.367. The van der Waals surface area contributed by atoms with Gasteiger partial charge in [-0.1, -0.05) is 13.3 Å². The van der Waals surface area contributed by atoms with Crippen LogP contribution in [0.15, 0.2) is 0 Å². The van der Waals surface area contributed by atoms with Gasteiger partial charge in [0.15, 0.2) is 0 Å². The highest BCUT2D eigenvalue weighted by molar-refractivity contribution is 7.79. The summed E-state index contributed by atoms with van der Waals surface area (Å²) >= 11 is 0. The highest BCUT2D eigenvalue weighted by Gasteiger charge is 1.83. The van der Waals surface area contributed by atoms with E-state index in [1.807, 2.05) is 0 Å². The van der Waals surface area contributed by atoms with E-state index < -0.39 is 10.4 Å². The van der Waals surface area contributed by atoms with Crippen molar-refractivity contribution in [2.24, 2.45) is 5.73 Å². The Bertz CT molecular complexity index is 203. The molecule has 0 spiro atoms. The van der Waals surface area contributed by atoms with Gasteiger partial charge in [-0.15, -0.1) is 0 Å². The highest BCUT2D eigenvalue weighted by atomic mass is 32.3. The molecule has 6 nitrogen and oxygen atoms in total. The third kappa shape index (κ3) is 58.2. The van der Waals surface area contributed by atoms with Crippen LogP contribution in [-0.2, 0) is 10.4 Å². The van der Waals surface area contributed by atoms with Crippen molar-refractivity contribution in [1.29, 1.82) is 5.41 Å². The summed E-state index contributed by atoms with van der Waals surface area (Å²) in [5.74, 6) is 0.307. The number of hydrogen-bond acceptors (Lipinski definition) is 5. The van der Waals surface area contributed by atoms with Crippen molar-refractivity contribution in [2.45, 2.75) is 26.2 Å². The van der Waals surface area contributed by atoms with E-state index in [4.69, 9.17) is 28.7 Å². The van der Waals surface area contributed by atoms with Gasteiger partial charge >= 0.3 is 0 Å². The van der Waals surface area contributed by atoms with Gasteiger partial charge in [-0.25, -0.2) is 0 Å². The minimum Gasteiger partial charge on any atom is -0.759 e. The lowest BCUT2D eigenvalue weighted by Crippen LogP contribution is -2.07. The van der Waals surface area contributed by atoms with Crippen molar-refractivity contribution in [3.05, 3.63) is 0 Å². The molecule has 0 rings (SSSR count). The third-order valence-electron chi connectivity index (χ3n) is 0.800. The van der Waals surface area contributed by atoms with Crippen LogP contribution in [0.5, 0.6) is 0 Å². The third-order valence-corrected chi connectivity index (χ3v) is 0.800. The number of nitrogens with two attached hydrogens (primary N) is 1. The molecule has 0 aromatic carbocycles. The van der Waals surface area contributed by atoms with E-state index in [2.05, 4.69) is 6.92 Å². The largest absolute Gasteiger partial charge is 0.759 e. The van der Waals surface area contributed by atoms with Gasteiger partial charge in [-0.2, -0.15) is 0 Å². The predicted octanol–water partition coefficient (Wildman–Crippen LogP) is -0.225. The maximum absolute atomic E-state index is 8.52. The molecule has 0 unspecified atom stereocenters. The van der Waals surface area contributed by atoms with E-state index in [1.54, 1.807) is 0 Å². The Labute approximate surface area is 71.9 Å². The maximum atomic E-state index is 8.52. The van der Waals surface area contributed by atoms with Crippen LogP contribution in [0.1, 0.15) is 26.2 Å². The summed E-state index contributed by atoms with van der Waals surface area (Å²) in [4.78, 5) is 0. The van der Waals surface area contributed by atoms with Crippen molar-refractivity contribution in [3.63, 3.8) is 0 Å². The van der Waals surface area contributed by atoms with Crippen LogP contribution >= 0.6 is 0 Å². The summed E-state index contributed by atoms with van der Waals surface area (Å²) in [5, 5.41) is 6.78. The molecule has 0 aliphatic heterocycles. The standard InChI is InChI=1S/C5H12N2.H2O4S/c1-2-3-4-5(6)7;1-5(2,3)4/h2-4H2,1H3,(H3,6,7);(H2,1,2,3,4)/p-2. The summed E-state index contributed by atoms with van der Waals surface area (Å²) in [6, 6.07) is 0. The Morgan fingerprint density at radius 3 is 1.92 bits per heavy atom. The monoisotopic (exact) mass is 196 g/mol. The quantitative estimate of drug-likeness (QED) is 0.279. The molecule has 0 fully saturated rings. The molecule has 0 aliphatic rings. The second kappa shape index (κ2) is 7.01. The topological polar surface area (TPSA) is 130 Å². The van der Waals surface area contributed by atoms with Crippen LogP contribution in [0.3, 0.4) is 0 Å². The van der Waals surface area contributed by atoms with Crippen molar-refractivity contribution < 1.29 is 17.5 Å². The Morgan fingerprint density at radius 1 is 1.50 bits per heavy atom. The summed E-state index contributed by atoms with van der Waals surface area (Å²) in [5.41, 5.74) is 5.06. The average molecular weight is 196 g/mol. The first-order chi connectivity index (χ1) is 5.27. The Hall–Kier alpha value is -0.660. The van der Waals surface area contributed by atoms with Gasteiger partial charge in [-0.05, 0) is 6.42 Å². The number of rotatable bonds is 3. The number of amidine groups is 1. The zero-order chi connectivity index (χ0) is 10.2. The second-order valence-corrected chi connectivity index (χ2v) is 2.85. The molecule has 0 atom stereocenters. The van der Waals surface area contributed by atoms with E-state index >= 15 is 0 Å². The highest BCUT2D eigenvalue weighted by Crippen LogP contribution is 1.90. The summed E-state index contributed by atoms with van der Waals surface area (Å²) in [7, 11) is -5.17. The normalized spacial score (nSPS) is 9.92. The first-order valence-electron chi connectivity index (χ1n) is 3.27. The number of nitrogens with one attached hydrogen (secondary N) is 1.